The highest BCUT2D eigenvalue weighted by Crippen LogP contribution is 2.19. The highest BCUT2D eigenvalue weighted by Gasteiger charge is 2.28. The van der Waals surface area contributed by atoms with Crippen LogP contribution in [0, 0.1) is 0 Å². The van der Waals surface area contributed by atoms with E-state index in [0.717, 1.165) is 51.6 Å². The number of hydrogen-bond donors (Lipinski definition) is 1. The van der Waals surface area contributed by atoms with Gasteiger partial charge in [-0.25, -0.2) is 0 Å². The first-order valence-corrected chi connectivity index (χ1v) is 9.69. The van der Waals surface area contributed by atoms with E-state index in [9.17, 15) is 9.59 Å². The van der Waals surface area contributed by atoms with Crippen LogP contribution in [0.3, 0.4) is 0 Å². The third kappa shape index (κ3) is 5.65. The molecule has 2 unspecified atom stereocenters. The maximum Gasteiger partial charge on any atom is 0.236 e. The predicted octanol–water partition coefficient (Wildman–Crippen LogP) is 0.440. The first-order chi connectivity index (χ1) is 11.0. The molecule has 0 aromatic carbocycles. The minimum atomic E-state index is 0.0919. The standard InChI is InChI=1S/C16H30N4O2S/c1-4-13(2)17-15(21)11-18-5-7-19(8-6-18)12-20-9-10-23-14(3)16(20)22/h13-14H,4-12H2,1-3H3,(H,17,21). The summed E-state index contributed by atoms with van der Waals surface area (Å²) < 4.78 is 0. The molecule has 0 aromatic heterocycles. The van der Waals surface area contributed by atoms with Crippen molar-refractivity contribution in [1.29, 1.82) is 0 Å². The fourth-order valence-corrected chi connectivity index (χ4v) is 3.85. The molecule has 0 aliphatic carbocycles. The van der Waals surface area contributed by atoms with Crippen LogP contribution in [0.25, 0.3) is 0 Å². The molecule has 0 bridgehead atoms. The third-order valence-electron chi connectivity index (χ3n) is 4.61. The average molecular weight is 343 g/mol. The molecule has 2 fully saturated rings. The van der Waals surface area contributed by atoms with Crippen LogP contribution in [0.4, 0.5) is 0 Å². The average Bonchev–Trinajstić information content (AvgIpc) is 2.53. The number of nitrogens with zero attached hydrogens (tertiary/aromatic N) is 3. The lowest BCUT2D eigenvalue weighted by atomic mass is 10.2. The lowest BCUT2D eigenvalue weighted by Gasteiger charge is -2.39. The van der Waals surface area contributed by atoms with E-state index in [2.05, 4.69) is 22.0 Å². The quantitative estimate of drug-likeness (QED) is 0.759. The van der Waals surface area contributed by atoms with Crippen molar-refractivity contribution in [2.45, 2.75) is 38.5 Å². The fourth-order valence-electron chi connectivity index (χ4n) is 2.87. The Bertz CT molecular complexity index is 413. The molecule has 7 heteroatoms. The third-order valence-corrected chi connectivity index (χ3v) is 5.73. The van der Waals surface area contributed by atoms with Crippen molar-refractivity contribution in [3.63, 3.8) is 0 Å². The van der Waals surface area contributed by atoms with Gasteiger partial charge in [-0.15, -0.1) is 11.8 Å². The molecule has 0 aromatic rings. The summed E-state index contributed by atoms with van der Waals surface area (Å²) in [6.45, 7) is 11.8. The van der Waals surface area contributed by atoms with Crippen LogP contribution in [0.15, 0.2) is 0 Å². The summed E-state index contributed by atoms with van der Waals surface area (Å²) in [4.78, 5) is 30.6. The maximum atomic E-state index is 12.2. The molecule has 2 rings (SSSR count). The SMILES string of the molecule is CCC(C)NC(=O)CN1CCN(CN2CCSC(C)C2=O)CC1. The zero-order valence-electron chi connectivity index (χ0n) is 14.6. The van der Waals surface area contributed by atoms with Crippen LogP contribution in [-0.2, 0) is 9.59 Å². The smallest absolute Gasteiger partial charge is 0.236 e. The molecule has 0 radical (unpaired) electrons. The molecule has 0 spiro atoms. The van der Waals surface area contributed by atoms with Gasteiger partial charge in [0.15, 0.2) is 0 Å². The van der Waals surface area contributed by atoms with Gasteiger partial charge in [0.25, 0.3) is 0 Å². The van der Waals surface area contributed by atoms with Crippen LogP contribution < -0.4 is 5.32 Å². The Balaban J connectivity index is 1.69. The molecule has 6 nitrogen and oxygen atoms in total. The van der Waals surface area contributed by atoms with Crippen molar-refractivity contribution in [3.05, 3.63) is 0 Å². The number of nitrogens with one attached hydrogen (secondary N) is 1. The van der Waals surface area contributed by atoms with Gasteiger partial charge in [0.1, 0.15) is 0 Å². The van der Waals surface area contributed by atoms with Crippen LogP contribution in [0.1, 0.15) is 27.2 Å². The summed E-state index contributed by atoms with van der Waals surface area (Å²) in [5.41, 5.74) is 0. The van der Waals surface area contributed by atoms with Gasteiger partial charge >= 0.3 is 0 Å². The second-order valence-corrected chi connectivity index (χ2v) is 7.98. The minimum absolute atomic E-state index is 0.0919. The van der Waals surface area contributed by atoms with Crippen LogP contribution in [-0.4, -0.2) is 89.5 Å². The monoisotopic (exact) mass is 342 g/mol. The molecule has 2 aliphatic heterocycles. The summed E-state index contributed by atoms with van der Waals surface area (Å²) in [5, 5.41) is 3.11. The Labute approximate surface area is 143 Å². The summed E-state index contributed by atoms with van der Waals surface area (Å²) >= 11 is 1.74. The first kappa shape index (κ1) is 18.5. The van der Waals surface area contributed by atoms with Gasteiger partial charge in [-0.2, -0.15) is 0 Å². The number of thioether (sulfide) groups is 1. The molecule has 2 saturated heterocycles. The summed E-state index contributed by atoms with van der Waals surface area (Å²) in [5.74, 6) is 1.41. The Hall–Kier alpha value is -0.790. The number of piperazine rings is 1. The highest BCUT2D eigenvalue weighted by atomic mass is 32.2. The summed E-state index contributed by atoms with van der Waals surface area (Å²) in [6.07, 6.45) is 0.958. The molecule has 2 amide bonds. The number of carbonyl (C=O) groups is 2. The zero-order chi connectivity index (χ0) is 16.8. The van der Waals surface area contributed by atoms with Crippen molar-refractivity contribution in [2.24, 2.45) is 0 Å². The Morgan fingerprint density at radius 1 is 1.26 bits per heavy atom. The van der Waals surface area contributed by atoms with Gasteiger partial charge in [-0.1, -0.05) is 6.92 Å². The largest absolute Gasteiger partial charge is 0.353 e. The van der Waals surface area contributed by atoms with Gasteiger partial charge < -0.3 is 10.2 Å². The Morgan fingerprint density at radius 3 is 2.57 bits per heavy atom. The predicted molar refractivity (Wildman–Crippen MR) is 94.4 cm³/mol. The number of rotatable bonds is 6. The van der Waals surface area contributed by atoms with Gasteiger partial charge in [-0.3, -0.25) is 19.4 Å². The van der Waals surface area contributed by atoms with Gasteiger partial charge in [0.2, 0.25) is 11.8 Å². The summed E-state index contributed by atoms with van der Waals surface area (Å²) in [6, 6.07) is 0.244. The van der Waals surface area contributed by atoms with E-state index in [-0.39, 0.29) is 23.1 Å². The number of carbonyl (C=O) groups excluding carboxylic acids is 2. The van der Waals surface area contributed by atoms with Gasteiger partial charge in [0.05, 0.1) is 18.5 Å². The molecule has 1 N–H and O–H groups in total. The van der Waals surface area contributed by atoms with E-state index >= 15 is 0 Å². The van der Waals surface area contributed by atoms with E-state index in [4.69, 9.17) is 0 Å². The molecule has 23 heavy (non-hydrogen) atoms. The molecular weight excluding hydrogens is 312 g/mol. The molecule has 0 saturated carbocycles. The maximum absolute atomic E-state index is 12.2. The van der Waals surface area contributed by atoms with Crippen LogP contribution in [0.5, 0.6) is 0 Å². The molecule has 2 aliphatic rings. The molecule has 2 heterocycles. The van der Waals surface area contributed by atoms with E-state index in [1.165, 1.54) is 0 Å². The second-order valence-electron chi connectivity index (χ2n) is 6.53. The van der Waals surface area contributed by atoms with Crippen molar-refractivity contribution in [2.75, 3.05) is 51.7 Å². The van der Waals surface area contributed by atoms with Gasteiger partial charge in [0, 0.05) is 44.5 Å². The van der Waals surface area contributed by atoms with Crippen LogP contribution >= 0.6 is 11.8 Å². The lowest BCUT2D eigenvalue weighted by Crippen LogP contribution is -2.54. The van der Waals surface area contributed by atoms with Crippen molar-refractivity contribution in [1.82, 2.24) is 20.0 Å². The van der Waals surface area contributed by atoms with E-state index in [1.807, 2.05) is 18.7 Å². The summed E-state index contributed by atoms with van der Waals surface area (Å²) in [7, 11) is 0. The topological polar surface area (TPSA) is 55.9 Å². The van der Waals surface area contributed by atoms with E-state index < -0.39 is 0 Å². The van der Waals surface area contributed by atoms with Crippen molar-refractivity contribution in [3.8, 4) is 0 Å². The first-order valence-electron chi connectivity index (χ1n) is 8.64. The second kappa shape index (κ2) is 8.89. The number of amides is 2. The highest BCUT2D eigenvalue weighted by molar-refractivity contribution is 8.00. The normalized spacial score (nSPS) is 25.4. The fraction of sp³-hybridized carbons (Fsp3) is 0.875. The molecule has 132 valence electrons. The molecular formula is C16H30N4O2S. The van der Waals surface area contributed by atoms with Crippen molar-refractivity contribution < 1.29 is 9.59 Å². The van der Waals surface area contributed by atoms with E-state index in [1.54, 1.807) is 11.8 Å². The van der Waals surface area contributed by atoms with Gasteiger partial charge in [-0.05, 0) is 20.3 Å². The number of hydrogen-bond acceptors (Lipinski definition) is 5. The lowest BCUT2D eigenvalue weighted by molar-refractivity contribution is -0.133. The minimum Gasteiger partial charge on any atom is -0.353 e. The zero-order valence-corrected chi connectivity index (χ0v) is 15.4. The van der Waals surface area contributed by atoms with Crippen LogP contribution in [0.2, 0.25) is 0 Å². The molecule has 2 atom stereocenters. The van der Waals surface area contributed by atoms with E-state index in [0.29, 0.717) is 6.54 Å². The Morgan fingerprint density at radius 2 is 1.91 bits per heavy atom. The Kier molecular flexibility index (Phi) is 7.17. The van der Waals surface area contributed by atoms with Crippen molar-refractivity contribution >= 4 is 23.6 Å².